The van der Waals surface area contributed by atoms with Crippen molar-refractivity contribution in [2.45, 2.75) is 24.8 Å². The van der Waals surface area contributed by atoms with E-state index in [2.05, 4.69) is 15.6 Å². The summed E-state index contributed by atoms with van der Waals surface area (Å²) >= 11 is 0. The number of rotatable bonds is 6. The van der Waals surface area contributed by atoms with Crippen molar-refractivity contribution in [3.05, 3.63) is 35.6 Å². The molecule has 0 radical (unpaired) electrons. The van der Waals surface area contributed by atoms with Crippen LogP contribution in [0.3, 0.4) is 0 Å². The molecule has 2 atom stereocenters. The Morgan fingerprint density at radius 2 is 2.19 bits per heavy atom. The van der Waals surface area contributed by atoms with E-state index in [9.17, 15) is 4.39 Å². The van der Waals surface area contributed by atoms with Gasteiger partial charge < -0.3 is 15.4 Å². The van der Waals surface area contributed by atoms with E-state index >= 15 is 0 Å². The predicted octanol–water partition coefficient (Wildman–Crippen LogP) is 2.50. The quantitative estimate of drug-likeness (QED) is 0.330. The largest absolute Gasteiger partial charge is 0.385 e. The molecule has 0 saturated heterocycles. The third-order valence-corrected chi connectivity index (χ3v) is 3.46. The minimum absolute atomic E-state index is 0. The molecule has 0 amide bonds. The Kier molecular flexibility index (Phi) is 7.95. The number of nitrogens with one attached hydrogen (secondary N) is 2. The minimum atomic E-state index is -0.121. The van der Waals surface area contributed by atoms with Crippen LogP contribution in [-0.4, -0.2) is 39.3 Å². The second kappa shape index (κ2) is 9.19. The molecule has 1 fully saturated rings. The fraction of sp³-hybridized carbons (Fsp3) is 0.533. The zero-order chi connectivity index (χ0) is 14.4. The lowest BCUT2D eigenvalue weighted by molar-refractivity contribution is 0.195. The molecular weight excluding hydrogens is 384 g/mol. The van der Waals surface area contributed by atoms with Crippen LogP contribution in [0.15, 0.2) is 29.3 Å². The van der Waals surface area contributed by atoms with Crippen LogP contribution in [0.2, 0.25) is 0 Å². The molecule has 1 aliphatic rings. The van der Waals surface area contributed by atoms with Crippen molar-refractivity contribution < 1.29 is 9.13 Å². The molecule has 2 unspecified atom stereocenters. The number of hydrogen-bond acceptors (Lipinski definition) is 2. The number of benzene rings is 1. The molecule has 2 rings (SSSR count). The second-order valence-electron chi connectivity index (χ2n) is 4.96. The second-order valence-corrected chi connectivity index (χ2v) is 4.96. The zero-order valence-electron chi connectivity index (χ0n) is 12.4. The number of nitrogens with zero attached hydrogens (tertiary/aromatic N) is 1. The van der Waals surface area contributed by atoms with Crippen molar-refractivity contribution in [3.8, 4) is 0 Å². The maximum Gasteiger partial charge on any atom is 0.191 e. The minimum Gasteiger partial charge on any atom is -0.385 e. The van der Waals surface area contributed by atoms with E-state index in [1.807, 2.05) is 12.1 Å². The molecular formula is C15H23FIN3O. The first-order valence-electron chi connectivity index (χ1n) is 6.96. The summed E-state index contributed by atoms with van der Waals surface area (Å²) in [6, 6.07) is 7.24. The van der Waals surface area contributed by atoms with Crippen LogP contribution in [0.1, 0.15) is 24.3 Å². The molecule has 0 spiro atoms. The molecule has 1 aromatic rings. The van der Waals surface area contributed by atoms with Crippen LogP contribution in [0.25, 0.3) is 0 Å². The lowest BCUT2D eigenvalue weighted by Gasteiger charge is -2.11. The van der Waals surface area contributed by atoms with E-state index in [4.69, 9.17) is 4.74 Å². The standard InChI is InChI=1S/C15H22FN3O.HI/c1-17-15(18-8-5-9-20-2)19-14-10-12(14)11-6-3-4-7-13(11)16;/h3-4,6-7,12,14H,5,8-10H2,1-2H3,(H2,17,18,19);1H. The highest BCUT2D eigenvalue weighted by atomic mass is 127. The molecule has 0 bridgehead atoms. The van der Waals surface area contributed by atoms with Gasteiger partial charge in [0, 0.05) is 39.3 Å². The van der Waals surface area contributed by atoms with Gasteiger partial charge in [0.25, 0.3) is 0 Å². The first-order valence-corrected chi connectivity index (χ1v) is 6.96. The molecule has 1 saturated carbocycles. The fourth-order valence-corrected chi connectivity index (χ4v) is 2.27. The summed E-state index contributed by atoms with van der Waals surface area (Å²) in [6.07, 6.45) is 1.87. The average molecular weight is 407 g/mol. The van der Waals surface area contributed by atoms with E-state index in [0.717, 1.165) is 37.5 Å². The van der Waals surface area contributed by atoms with Crippen molar-refractivity contribution in [1.82, 2.24) is 10.6 Å². The maximum atomic E-state index is 13.7. The Balaban J connectivity index is 0.00000220. The Hall–Kier alpha value is -0.890. The lowest BCUT2D eigenvalue weighted by Crippen LogP contribution is -2.39. The van der Waals surface area contributed by atoms with Gasteiger partial charge in [0.15, 0.2) is 5.96 Å². The van der Waals surface area contributed by atoms with Crippen molar-refractivity contribution in [3.63, 3.8) is 0 Å². The topological polar surface area (TPSA) is 45.7 Å². The van der Waals surface area contributed by atoms with Crippen molar-refractivity contribution in [2.24, 2.45) is 4.99 Å². The molecule has 2 N–H and O–H groups in total. The molecule has 6 heteroatoms. The number of halogens is 2. The molecule has 1 aliphatic carbocycles. The number of ether oxygens (including phenoxy) is 1. The van der Waals surface area contributed by atoms with E-state index in [0.29, 0.717) is 0 Å². The van der Waals surface area contributed by atoms with Crippen LogP contribution >= 0.6 is 24.0 Å². The molecule has 1 aromatic carbocycles. The van der Waals surface area contributed by atoms with E-state index in [1.54, 1.807) is 20.2 Å². The van der Waals surface area contributed by atoms with Gasteiger partial charge in [-0.2, -0.15) is 0 Å². The SMILES string of the molecule is CN=C(NCCCOC)NC1CC1c1ccccc1F.I. The monoisotopic (exact) mass is 407 g/mol. The van der Waals surface area contributed by atoms with Gasteiger partial charge >= 0.3 is 0 Å². The lowest BCUT2D eigenvalue weighted by atomic mass is 10.1. The highest BCUT2D eigenvalue weighted by Crippen LogP contribution is 2.41. The third-order valence-electron chi connectivity index (χ3n) is 3.46. The first-order chi connectivity index (χ1) is 9.76. The normalized spacial score (nSPS) is 20.6. The van der Waals surface area contributed by atoms with Gasteiger partial charge in [-0.1, -0.05) is 18.2 Å². The summed E-state index contributed by atoms with van der Waals surface area (Å²) in [6.45, 7) is 1.54. The smallest absolute Gasteiger partial charge is 0.191 e. The van der Waals surface area contributed by atoms with Crippen LogP contribution in [0.5, 0.6) is 0 Å². The highest BCUT2D eigenvalue weighted by Gasteiger charge is 2.40. The van der Waals surface area contributed by atoms with Gasteiger partial charge in [0.05, 0.1) is 0 Å². The van der Waals surface area contributed by atoms with Crippen LogP contribution < -0.4 is 10.6 Å². The van der Waals surface area contributed by atoms with Gasteiger partial charge in [-0.3, -0.25) is 4.99 Å². The number of guanidine groups is 1. The number of methoxy groups -OCH3 is 1. The molecule has 0 heterocycles. The fourth-order valence-electron chi connectivity index (χ4n) is 2.27. The van der Waals surface area contributed by atoms with Gasteiger partial charge in [0.2, 0.25) is 0 Å². The summed E-state index contributed by atoms with van der Waals surface area (Å²) in [4.78, 5) is 4.18. The van der Waals surface area contributed by atoms with Gasteiger partial charge in [0.1, 0.15) is 5.82 Å². The first kappa shape index (κ1) is 18.2. The summed E-state index contributed by atoms with van der Waals surface area (Å²) in [5.74, 6) is 0.892. The summed E-state index contributed by atoms with van der Waals surface area (Å²) in [5.41, 5.74) is 0.792. The Morgan fingerprint density at radius 1 is 1.43 bits per heavy atom. The van der Waals surface area contributed by atoms with Crippen LogP contribution in [0.4, 0.5) is 4.39 Å². The van der Waals surface area contributed by atoms with Crippen LogP contribution in [-0.2, 0) is 4.74 Å². The van der Waals surface area contributed by atoms with Crippen molar-refractivity contribution >= 4 is 29.9 Å². The van der Waals surface area contributed by atoms with Crippen LogP contribution in [0, 0.1) is 5.82 Å². The average Bonchev–Trinajstić information content (AvgIpc) is 3.22. The highest BCUT2D eigenvalue weighted by molar-refractivity contribution is 14.0. The molecule has 0 aliphatic heterocycles. The molecule has 4 nitrogen and oxygen atoms in total. The Bertz CT molecular complexity index is 470. The van der Waals surface area contributed by atoms with E-state index in [1.165, 1.54) is 6.07 Å². The summed E-state index contributed by atoms with van der Waals surface area (Å²) in [7, 11) is 3.43. The Labute approximate surface area is 142 Å². The Morgan fingerprint density at radius 3 is 2.86 bits per heavy atom. The molecule has 0 aromatic heterocycles. The summed E-state index contributed by atoms with van der Waals surface area (Å²) < 4.78 is 18.7. The van der Waals surface area contributed by atoms with Crippen molar-refractivity contribution in [2.75, 3.05) is 27.3 Å². The number of aliphatic imine (C=N–C) groups is 1. The third kappa shape index (κ3) is 5.43. The van der Waals surface area contributed by atoms with E-state index in [-0.39, 0.29) is 41.8 Å². The van der Waals surface area contributed by atoms with Gasteiger partial charge in [-0.05, 0) is 24.5 Å². The zero-order valence-corrected chi connectivity index (χ0v) is 14.8. The predicted molar refractivity (Wildman–Crippen MR) is 94.0 cm³/mol. The summed E-state index contributed by atoms with van der Waals surface area (Å²) in [5, 5.41) is 6.55. The number of hydrogen-bond donors (Lipinski definition) is 2. The molecule has 118 valence electrons. The maximum absolute atomic E-state index is 13.7. The van der Waals surface area contributed by atoms with Crippen molar-refractivity contribution in [1.29, 1.82) is 0 Å². The van der Waals surface area contributed by atoms with Gasteiger partial charge in [-0.25, -0.2) is 4.39 Å². The van der Waals surface area contributed by atoms with Gasteiger partial charge in [-0.15, -0.1) is 24.0 Å². The van der Waals surface area contributed by atoms with E-state index < -0.39 is 0 Å². The molecule has 21 heavy (non-hydrogen) atoms.